The van der Waals surface area contributed by atoms with E-state index in [0.29, 0.717) is 5.39 Å². The number of nitrogens with zero attached hydrogens (tertiary/aromatic N) is 4. The molecule has 182 valence electrons. The summed E-state index contributed by atoms with van der Waals surface area (Å²) in [5, 5.41) is 12.9. The van der Waals surface area contributed by atoms with Crippen LogP contribution in [0.2, 0.25) is 10.0 Å². The number of hydrogen-bond donors (Lipinski definition) is 2. The fourth-order valence-corrected chi connectivity index (χ4v) is 5.61. The van der Waals surface area contributed by atoms with E-state index < -0.39 is 47.0 Å². The van der Waals surface area contributed by atoms with Gasteiger partial charge in [-0.1, -0.05) is 53.5 Å². The van der Waals surface area contributed by atoms with Crippen LogP contribution in [0.15, 0.2) is 73.7 Å². The minimum atomic E-state index is -4.69. The smallest absolute Gasteiger partial charge is 0.282 e. The first-order valence-corrected chi connectivity index (χ1v) is 13.2. The molecule has 0 saturated heterocycles. The third-order valence-electron chi connectivity index (χ3n) is 5.00. The predicted molar refractivity (Wildman–Crippen MR) is 129 cm³/mol. The lowest BCUT2D eigenvalue weighted by atomic mass is 10.1. The summed E-state index contributed by atoms with van der Waals surface area (Å²) in [6.07, 6.45) is 0. The van der Waals surface area contributed by atoms with Crippen molar-refractivity contribution in [3.8, 4) is 0 Å². The van der Waals surface area contributed by atoms with Crippen LogP contribution >= 0.6 is 23.2 Å². The lowest BCUT2D eigenvalue weighted by molar-refractivity contribution is -0.117. The summed E-state index contributed by atoms with van der Waals surface area (Å²) in [6, 6.07) is 10.0. The minimum absolute atomic E-state index is 0.0737. The van der Waals surface area contributed by atoms with Crippen LogP contribution in [0.5, 0.6) is 0 Å². The standard InChI is InChI=1S/C20H14Cl2N4O7S2/c1-10-18(20(27)26(25-10)16-8-14(22)17(9-13(16)21)34(28,29)30)24-23-15-7-6-11-4-2-3-5-12(11)19(15)35(31,32)33/h2-9,18H,1H3,(H,28,29,30)(H,31,32,33). The molecule has 0 radical (unpaired) electrons. The van der Waals surface area contributed by atoms with Crippen molar-refractivity contribution < 1.29 is 30.7 Å². The Morgan fingerprint density at radius 3 is 2.31 bits per heavy atom. The van der Waals surface area contributed by atoms with Crippen molar-refractivity contribution in [2.75, 3.05) is 5.01 Å². The molecular weight excluding hydrogens is 543 g/mol. The Kier molecular flexibility index (Phi) is 6.42. The molecule has 0 aliphatic carbocycles. The van der Waals surface area contributed by atoms with E-state index in [0.717, 1.165) is 17.1 Å². The van der Waals surface area contributed by atoms with E-state index in [9.17, 15) is 30.7 Å². The van der Waals surface area contributed by atoms with Gasteiger partial charge >= 0.3 is 0 Å². The first-order valence-electron chi connectivity index (χ1n) is 9.54. The normalized spacial score (nSPS) is 16.9. The lowest BCUT2D eigenvalue weighted by Gasteiger charge is -2.15. The number of hydrazone groups is 1. The van der Waals surface area contributed by atoms with Crippen LogP contribution in [0.25, 0.3) is 10.8 Å². The van der Waals surface area contributed by atoms with E-state index >= 15 is 0 Å². The van der Waals surface area contributed by atoms with E-state index in [2.05, 4.69) is 15.3 Å². The summed E-state index contributed by atoms with van der Waals surface area (Å²) in [4.78, 5) is 11.9. The average Bonchev–Trinajstić information content (AvgIpc) is 3.04. The molecule has 1 unspecified atom stereocenters. The molecule has 15 heteroatoms. The molecule has 3 aromatic carbocycles. The second kappa shape index (κ2) is 8.93. The van der Waals surface area contributed by atoms with Crippen molar-refractivity contribution in [3.63, 3.8) is 0 Å². The van der Waals surface area contributed by atoms with E-state index in [1.807, 2.05) is 0 Å². The summed E-state index contributed by atoms with van der Waals surface area (Å²) >= 11 is 12.0. The number of azo groups is 1. The Hall–Kier alpha value is -2.94. The van der Waals surface area contributed by atoms with Crippen LogP contribution in [-0.2, 0) is 25.0 Å². The van der Waals surface area contributed by atoms with Gasteiger partial charge in [-0.3, -0.25) is 13.9 Å². The molecule has 0 spiro atoms. The highest BCUT2D eigenvalue weighted by molar-refractivity contribution is 7.86. The highest BCUT2D eigenvalue weighted by Gasteiger charge is 2.36. The predicted octanol–water partition coefficient (Wildman–Crippen LogP) is 4.52. The molecule has 0 bridgehead atoms. The number of benzene rings is 3. The van der Waals surface area contributed by atoms with Crippen molar-refractivity contribution in [1.82, 2.24) is 0 Å². The number of anilines is 1. The van der Waals surface area contributed by atoms with Crippen molar-refractivity contribution in [3.05, 3.63) is 58.6 Å². The molecule has 1 atom stereocenters. The molecular formula is C20H14Cl2N4O7S2. The van der Waals surface area contributed by atoms with E-state index in [1.165, 1.54) is 19.1 Å². The van der Waals surface area contributed by atoms with Crippen molar-refractivity contribution in [1.29, 1.82) is 0 Å². The molecule has 1 amide bonds. The minimum Gasteiger partial charge on any atom is -0.282 e. The summed E-state index contributed by atoms with van der Waals surface area (Å²) in [5.74, 6) is -0.738. The SMILES string of the molecule is CC1=NN(c2cc(Cl)c(S(=O)(=O)O)cc2Cl)C(=O)C1N=Nc1ccc2ccccc2c1S(=O)(=O)O. The third-order valence-corrected chi connectivity index (χ3v) is 7.57. The van der Waals surface area contributed by atoms with Crippen molar-refractivity contribution in [2.24, 2.45) is 15.3 Å². The first-order chi connectivity index (χ1) is 16.3. The Morgan fingerprint density at radius 2 is 1.66 bits per heavy atom. The van der Waals surface area contributed by atoms with Gasteiger partial charge in [-0.2, -0.15) is 37.2 Å². The molecule has 4 rings (SSSR count). The summed E-state index contributed by atoms with van der Waals surface area (Å²) in [6.45, 7) is 1.47. The second-order valence-corrected chi connectivity index (χ2v) is 10.9. The number of halogens is 2. The van der Waals surface area contributed by atoms with Gasteiger partial charge in [-0.25, -0.2) is 0 Å². The van der Waals surface area contributed by atoms with Gasteiger partial charge in [0.1, 0.15) is 15.5 Å². The molecule has 0 fully saturated rings. The fraction of sp³-hybridized carbons (Fsp3) is 0.100. The molecule has 1 aliphatic rings. The largest absolute Gasteiger partial charge is 0.297 e. The summed E-state index contributed by atoms with van der Waals surface area (Å²) < 4.78 is 66.0. The summed E-state index contributed by atoms with van der Waals surface area (Å²) in [7, 11) is -9.36. The van der Waals surface area contributed by atoms with E-state index in [1.54, 1.807) is 24.3 Å². The van der Waals surface area contributed by atoms with Gasteiger partial charge in [-0.15, -0.1) is 0 Å². The van der Waals surface area contributed by atoms with Gasteiger partial charge in [0, 0.05) is 5.39 Å². The zero-order chi connectivity index (χ0) is 25.7. The zero-order valence-electron chi connectivity index (χ0n) is 17.5. The Bertz CT molecular complexity index is 1670. The quantitative estimate of drug-likeness (QED) is 0.344. The molecule has 11 nitrogen and oxygen atoms in total. The van der Waals surface area contributed by atoms with Crippen LogP contribution in [0.3, 0.4) is 0 Å². The number of hydrogen-bond acceptors (Lipinski definition) is 8. The number of carbonyl (C=O) groups excluding carboxylic acids is 1. The van der Waals surface area contributed by atoms with E-state index in [-0.39, 0.29) is 27.5 Å². The topological polar surface area (TPSA) is 166 Å². The third kappa shape index (κ3) is 4.78. The lowest BCUT2D eigenvalue weighted by Crippen LogP contribution is -2.30. The molecule has 35 heavy (non-hydrogen) atoms. The molecule has 0 aromatic heterocycles. The number of rotatable bonds is 5. The maximum absolute atomic E-state index is 13.0. The second-order valence-electron chi connectivity index (χ2n) is 7.33. The maximum atomic E-state index is 13.0. The monoisotopic (exact) mass is 556 g/mol. The Balaban J connectivity index is 1.72. The average molecular weight is 557 g/mol. The van der Waals surface area contributed by atoms with Crippen LogP contribution in [0.1, 0.15) is 6.92 Å². The molecule has 2 N–H and O–H groups in total. The van der Waals surface area contributed by atoms with Crippen molar-refractivity contribution >= 4 is 77.2 Å². The fourth-order valence-electron chi connectivity index (χ4n) is 3.44. The van der Waals surface area contributed by atoms with Gasteiger partial charge in [-0.05, 0) is 30.5 Å². The van der Waals surface area contributed by atoms with Crippen molar-refractivity contribution in [2.45, 2.75) is 22.8 Å². The highest BCUT2D eigenvalue weighted by Crippen LogP contribution is 2.37. The highest BCUT2D eigenvalue weighted by atomic mass is 35.5. The molecule has 1 aliphatic heterocycles. The number of amides is 1. The number of fused-ring (bicyclic) bond motifs is 1. The maximum Gasteiger partial charge on any atom is 0.297 e. The van der Waals surface area contributed by atoms with Gasteiger partial charge in [0.2, 0.25) is 0 Å². The molecule has 3 aromatic rings. The van der Waals surface area contributed by atoms with Crippen LogP contribution in [-0.4, -0.2) is 43.6 Å². The van der Waals surface area contributed by atoms with Crippen LogP contribution < -0.4 is 5.01 Å². The van der Waals surface area contributed by atoms with Gasteiger partial charge in [0.25, 0.3) is 26.1 Å². The van der Waals surface area contributed by atoms with E-state index in [4.69, 9.17) is 23.2 Å². The Labute approximate surface area is 209 Å². The molecule has 1 heterocycles. The van der Waals surface area contributed by atoms with Gasteiger partial charge < -0.3 is 0 Å². The van der Waals surface area contributed by atoms with Crippen LogP contribution in [0.4, 0.5) is 11.4 Å². The Morgan fingerprint density at radius 1 is 0.971 bits per heavy atom. The number of carbonyl (C=O) groups is 1. The summed E-state index contributed by atoms with van der Waals surface area (Å²) in [5.41, 5.74) is -0.0988. The van der Waals surface area contributed by atoms with Crippen LogP contribution in [0, 0.1) is 0 Å². The van der Waals surface area contributed by atoms with Gasteiger partial charge in [0.15, 0.2) is 6.04 Å². The first kappa shape index (κ1) is 25.2. The zero-order valence-corrected chi connectivity index (χ0v) is 20.6. The van der Waals surface area contributed by atoms with Gasteiger partial charge in [0.05, 0.1) is 21.4 Å². The molecule has 0 saturated carbocycles.